The van der Waals surface area contributed by atoms with Crippen molar-refractivity contribution in [2.45, 2.75) is 30.8 Å². The molecule has 0 heterocycles. The number of phenolic OH excluding ortho intramolecular Hbond substituents is 1. The Labute approximate surface area is 139 Å². The third-order valence-electron chi connectivity index (χ3n) is 3.57. The normalized spacial score (nSPS) is 14.4. The van der Waals surface area contributed by atoms with Crippen LogP contribution in [0.2, 0.25) is 0 Å². The molecular formula is C15H23N5O4. The van der Waals surface area contributed by atoms with Gasteiger partial charge in [0, 0.05) is 6.54 Å². The van der Waals surface area contributed by atoms with Crippen molar-refractivity contribution >= 4 is 17.7 Å². The summed E-state index contributed by atoms with van der Waals surface area (Å²) in [7, 11) is 0. The molecule has 0 spiro atoms. The molecule has 0 aliphatic heterocycles. The molecular weight excluding hydrogens is 314 g/mol. The van der Waals surface area contributed by atoms with E-state index < -0.39 is 23.3 Å². The van der Waals surface area contributed by atoms with Crippen LogP contribution in [0.25, 0.3) is 0 Å². The average Bonchev–Trinajstić information content (AvgIpc) is 2.52. The molecule has 0 saturated heterocycles. The molecule has 1 aromatic rings. The summed E-state index contributed by atoms with van der Waals surface area (Å²) in [4.78, 5) is 27.6. The van der Waals surface area contributed by atoms with Gasteiger partial charge in [0.2, 0.25) is 0 Å². The minimum atomic E-state index is -2.10. The molecule has 0 aliphatic rings. The monoisotopic (exact) mass is 337 g/mol. The Morgan fingerprint density at radius 3 is 2.29 bits per heavy atom. The minimum Gasteiger partial charge on any atom is -0.508 e. The van der Waals surface area contributed by atoms with E-state index in [2.05, 4.69) is 4.99 Å². The molecule has 10 N–H and O–H groups in total. The highest BCUT2D eigenvalue weighted by Gasteiger charge is 2.43. The molecule has 2 unspecified atom stereocenters. The average molecular weight is 337 g/mol. The molecule has 2 atom stereocenters. The van der Waals surface area contributed by atoms with E-state index >= 15 is 0 Å². The summed E-state index contributed by atoms with van der Waals surface area (Å²) in [6, 6.07) is 5.02. The van der Waals surface area contributed by atoms with Gasteiger partial charge >= 0.3 is 5.97 Å². The summed E-state index contributed by atoms with van der Waals surface area (Å²) >= 11 is 0. The first-order chi connectivity index (χ1) is 11.2. The number of ketones is 1. The fraction of sp³-hybridized carbons (Fsp3) is 0.400. The van der Waals surface area contributed by atoms with Gasteiger partial charge in [0.25, 0.3) is 0 Å². The largest absolute Gasteiger partial charge is 0.508 e. The number of carbonyl (C=O) groups is 2. The van der Waals surface area contributed by atoms with Crippen molar-refractivity contribution < 1.29 is 19.8 Å². The maximum atomic E-state index is 12.4. The zero-order valence-corrected chi connectivity index (χ0v) is 13.2. The third-order valence-corrected chi connectivity index (χ3v) is 3.57. The number of nitrogens with two attached hydrogens (primary N) is 4. The molecule has 0 radical (unpaired) electrons. The highest BCUT2D eigenvalue weighted by molar-refractivity contribution is 6.09. The van der Waals surface area contributed by atoms with E-state index in [1.807, 2.05) is 0 Å². The number of carboxylic acid groups (broad SMARTS) is 1. The van der Waals surface area contributed by atoms with Gasteiger partial charge in [-0.05, 0) is 37.0 Å². The maximum Gasteiger partial charge on any atom is 0.331 e. The number of rotatable bonds is 9. The number of guanidine groups is 1. The van der Waals surface area contributed by atoms with Gasteiger partial charge in [-0.15, -0.1) is 0 Å². The highest BCUT2D eigenvalue weighted by Crippen LogP contribution is 2.17. The lowest BCUT2D eigenvalue weighted by Crippen LogP contribution is -2.60. The zero-order valence-electron chi connectivity index (χ0n) is 13.2. The molecule has 0 fully saturated rings. The van der Waals surface area contributed by atoms with Gasteiger partial charge in [-0.1, -0.05) is 12.1 Å². The zero-order chi connectivity index (χ0) is 18.3. The van der Waals surface area contributed by atoms with Crippen LogP contribution in [-0.2, 0) is 16.0 Å². The second-order valence-electron chi connectivity index (χ2n) is 5.53. The minimum absolute atomic E-state index is 0.0806. The van der Waals surface area contributed by atoms with E-state index in [1.54, 1.807) is 12.1 Å². The lowest BCUT2D eigenvalue weighted by molar-refractivity contribution is -0.149. The molecule has 132 valence electrons. The van der Waals surface area contributed by atoms with Crippen molar-refractivity contribution in [2.24, 2.45) is 27.9 Å². The summed E-state index contributed by atoms with van der Waals surface area (Å²) in [6.07, 6.45) is 0.193. The summed E-state index contributed by atoms with van der Waals surface area (Å²) in [6.45, 7) is 0.162. The molecule has 0 bridgehead atoms. The van der Waals surface area contributed by atoms with Gasteiger partial charge in [0.15, 0.2) is 17.3 Å². The molecule has 9 nitrogen and oxygen atoms in total. The standard InChI is InChI=1S/C15H23N5O4/c16-11(8-9-2-4-10(21)5-3-9)12(22)15(19,13(23)24)6-1-7-20-14(17)18/h2-5,11,21H,1,6-8,16,19H2,(H,23,24)(H4,17,18,20). The van der Waals surface area contributed by atoms with Crippen molar-refractivity contribution in [3.05, 3.63) is 29.8 Å². The number of benzene rings is 1. The van der Waals surface area contributed by atoms with E-state index in [-0.39, 0.29) is 37.5 Å². The molecule has 24 heavy (non-hydrogen) atoms. The number of aliphatic imine (C=N–C) groups is 1. The number of hydrogen-bond donors (Lipinski definition) is 6. The van der Waals surface area contributed by atoms with Crippen LogP contribution in [0.1, 0.15) is 18.4 Å². The Kier molecular flexibility index (Phi) is 6.69. The number of carboxylic acids is 1. The Hall–Kier alpha value is -2.65. The van der Waals surface area contributed by atoms with E-state index in [0.29, 0.717) is 5.56 Å². The van der Waals surface area contributed by atoms with Crippen LogP contribution in [0.3, 0.4) is 0 Å². The summed E-state index contributed by atoms with van der Waals surface area (Å²) in [5.74, 6) is -2.26. The van der Waals surface area contributed by atoms with E-state index in [1.165, 1.54) is 12.1 Å². The van der Waals surface area contributed by atoms with Crippen molar-refractivity contribution in [2.75, 3.05) is 6.54 Å². The predicted molar refractivity (Wildman–Crippen MR) is 89.3 cm³/mol. The van der Waals surface area contributed by atoms with Crippen molar-refractivity contribution in [3.63, 3.8) is 0 Å². The van der Waals surface area contributed by atoms with Crippen LogP contribution in [0.15, 0.2) is 29.3 Å². The molecule has 0 aromatic heterocycles. The van der Waals surface area contributed by atoms with Crippen molar-refractivity contribution in [3.8, 4) is 5.75 Å². The van der Waals surface area contributed by atoms with Gasteiger partial charge < -0.3 is 33.1 Å². The molecule has 0 amide bonds. The second-order valence-corrected chi connectivity index (χ2v) is 5.53. The maximum absolute atomic E-state index is 12.4. The lowest BCUT2D eigenvalue weighted by atomic mass is 9.84. The van der Waals surface area contributed by atoms with Crippen LogP contribution < -0.4 is 22.9 Å². The summed E-state index contributed by atoms with van der Waals surface area (Å²) < 4.78 is 0. The van der Waals surface area contributed by atoms with Crippen molar-refractivity contribution in [1.82, 2.24) is 0 Å². The number of Topliss-reactive ketones (excluding diaryl/α,β-unsaturated/α-hetero) is 1. The van der Waals surface area contributed by atoms with E-state index in [4.69, 9.17) is 22.9 Å². The second kappa shape index (κ2) is 8.27. The smallest absolute Gasteiger partial charge is 0.331 e. The number of phenols is 1. The van der Waals surface area contributed by atoms with Gasteiger partial charge in [-0.2, -0.15) is 0 Å². The molecule has 1 rings (SSSR count). The number of carbonyl (C=O) groups excluding carboxylic acids is 1. The van der Waals surface area contributed by atoms with E-state index in [9.17, 15) is 19.8 Å². The first kappa shape index (κ1) is 19.4. The summed E-state index contributed by atoms with van der Waals surface area (Å²) in [5, 5.41) is 18.6. The Morgan fingerprint density at radius 2 is 1.79 bits per heavy atom. The SMILES string of the molecule is NC(N)=NCCCC(N)(C(=O)O)C(=O)C(N)Cc1ccc(O)cc1. The van der Waals surface area contributed by atoms with Crippen LogP contribution >= 0.6 is 0 Å². The van der Waals surface area contributed by atoms with Crippen LogP contribution in [0, 0.1) is 0 Å². The first-order valence-corrected chi connectivity index (χ1v) is 7.32. The number of aromatic hydroxyl groups is 1. The molecule has 1 aromatic carbocycles. The van der Waals surface area contributed by atoms with Gasteiger partial charge in [0.05, 0.1) is 6.04 Å². The Morgan fingerprint density at radius 1 is 1.21 bits per heavy atom. The third kappa shape index (κ3) is 5.21. The number of nitrogens with zero attached hydrogens (tertiary/aromatic N) is 1. The highest BCUT2D eigenvalue weighted by atomic mass is 16.4. The lowest BCUT2D eigenvalue weighted by Gasteiger charge is -2.26. The van der Waals surface area contributed by atoms with Crippen LogP contribution in [-0.4, -0.2) is 46.1 Å². The van der Waals surface area contributed by atoms with Crippen molar-refractivity contribution in [1.29, 1.82) is 0 Å². The first-order valence-electron chi connectivity index (χ1n) is 7.32. The topological polar surface area (TPSA) is 191 Å². The number of hydrogen-bond acceptors (Lipinski definition) is 6. The molecule has 0 saturated carbocycles. The molecule has 9 heteroatoms. The summed E-state index contributed by atoms with van der Waals surface area (Å²) in [5.41, 5.74) is 20.6. The van der Waals surface area contributed by atoms with E-state index in [0.717, 1.165) is 0 Å². The van der Waals surface area contributed by atoms with Crippen LogP contribution in [0.5, 0.6) is 5.75 Å². The predicted octanol–water partition coefficient (Wildman–Crippen LogP) is -1.33. The fourth-order valence-electron chi connectivity index (χ4n) is 2.21. The quantitative estimate of drug-likeness (QED) is 0.138. The van der Waals surface area contributed by atoms with Gasteiger partial charge in [-0.25, -0.2) is 4.79 Å². The Balaban J connectivity index is 2.78. The molecule has 0 aliphatic carbocycles. The number of aliphatic carboxylic acids is 1. The Bertz CT molecular complexity index is 613. The fourth-order valence-corrected chi connectivity index (χ4v) is 2.21. The van der Waals surface area contributed by atoms with Gasteiger partial charge in [0.1, 0.15) is 5.75 Å². The van der Waals surface area contributed by atoms with Gasteiger partial charge in [-0.3, -0.25) is 9.79 Å². The van der Waals surface area contributed by atoms with Crippen LogP contribution in [0.4, 0.5) is 0 Å².